The summed E-state index contributed by atoms with van der Waals surface area (Å²) in [5, 5.41) is 13.1. The van der Waals surface area contributed by atoms with E-state index in [-0.39, 0.29) is 0 Å². The van der Waals surface area contributed by atoms with Gasteiger partial charge in [0.15, 0.2) is 0 Å². The molecule has 7 nitrogen and oxygen atoms in total. The van der Waals surface area contributed by atoms with Crippen LogP contribution < -0.4 is 14.8 Å². The van der Waals surface area contributed by atoms with Crippen LogP contribution in [0.4, 0.5) is 0 Å². The van der Waals surface area contributed by atoms with E-state index < -0.39 is 23.7 Å². The van der Waals surface area contributed by atoms with Gasteiger partial charge in [0.2, 0.25) is 5.91 Å². The fourth-order valence-electron chi connectivity index (χ4n) is 3.38. The lowest BCUT2D eigenvalue weighted by atomic mass is 9.78. The number of nitrogens with zero attached hydrogens (tertiary/aromatic N) is 1. The molecule has 1 amide bonds. The fraction of sp³-hybridized carbons (Fsp3) is 0.261. The number of benzene rings is 2. The maximum Gasteiger partial charge on any atom is 0.319 e. The summed E-state index contributed by atoms with van der Waals surface area (Å²) in [5.74, 6) is -1.36. The smallest absolute Gasteiger partial charge is 0.319 e. The molecule has 0 saturated carbocycles. The van der Waals surface area contributed by atoms with Crippen LogP contribution in [-0.2, 0) is 14.3 Å². The number of para-hydroxylation sites is 1. The first-order chi connectivity index (χ1) is 15.5. The Morgan fingerprint density at radius 2 is 1.97 bits per heavy atom. The molecule has 0 unspecified atom stereocenters. The number of carbonyl (C=O) groups excluding carboxylic acids is 2. The van der Waals surface area contributed by atoms with E-state index in [4.69, 9.17) is 14.2 Å². The van der Waals surface area contributed by atoms with Crippen LogP contribution in [-0.4, -0.2) is 38.5 Å². The molecule has 32 heavy (non-hydrogen) atoms. The van der Waals surface area contributed by atoms with E-state index in [9.17, 15) is 14.9 Å². The van der Waals surface area contributed by atoms with Gasteiger partial charge in [0.1, 0.15) is 17.4 Å². The van der Waals surface area contributed by atoms with Gasteiger partial charge in [-0.05, 0) is 45.8 Å². The highest BCUT2D eigenvalue weighted by Crippen LogP contribution is 2.42. The first kappa shape index (κ1) is 23.7. The quantitative estimate of drug-likeness (QED) is 0.321. The van der Waals surface area contributed by atoms with Crippen LogP contribution >= 0.6 is 27.7 Å². The predicted molar refractivity (Wildman–Crippen MR) is 124 cm³/mol. The molecule has 0 radical (unpaired) electrons. The Bertz CT molecular complexity index is 1070. The average molecular weight is 517 g/mol. The molecule has 1 aliphatic rings. The Morgan fingerprint density at radius 1 is 1.22 bits per heavy atom. The van der Waals surface area contributed by atoms with Crippen molar-refractivity contribution >= 4 is 39.6 Å². The van der Waals surface area contributed by atoms with Gasteiger partial charge >= 0.3 is 5.97 Å². The van der Waals surface area contributed by atoms with Crippen molar-refractivity contribution in [2.45, 2.75) is 5.92 Å². The van der Waals surface area contributed by atoms with Gasteiger partial charge in [-0.25, -0.2) is 0 Å². The highest BCUT2D eigenvalue weighted by Gasteiger charge is 2.44. The highest BCUT2D eigenvalue weighted by molar-refractivity contribution is 9.10. The largest absolute Gasteiger partial charge is 0.496 e. The summed E-state index contributed by atoms with van der Waals surface area (Å²) in [6.45, 7) is 0.381. The van der Waals surface area contributed by atoms with E-state index in [0.29, 0.717) is 38.7 Å². The molecule has 2 aromatic carbocycles. The van der Waals surface area contributed by atoms with Crippen LogP contribution in [0.3, 0.4) is 0 Å². The zero-order valence-electron chi connectivity index (χ0n) is 17.5. The number of halogens is 1. The molecular weight excluding hydrogens is 496 g/mol. The number of ether oxygens (including phenoxy) is 3. The van der Waals surface area contributed by atoms with Crippen molar-refractivity contribution in [3.8, 4) is 17.6 Å². The second-order valence-electron chi connectivity index (χ2n) is 6.73. The number of thioether (sulfide) groups is 1. The van der Waals surface area contributed by atoms with Gasteiger partial charge < -0.3 is 19.5 Å². The number of hydrogen-bond donors (Lipinski definition) is 1. The molecule has 0 spiro atoms. The number of methoxy groups -OCH3 is 2. The van der Waals surface area contributed by atoms with Crippen molar-refractivity contribution in [3.05, 3.63) is 69.2 Å². The number of allylic oxidation sites excluding steroid dienone is 1. The zero-order valence-corrected chi connectivity index (χ0v) is 19.9. The van der Waals surface area contributed by atoms with E-state index in [1.54, 1.807) is 18.2 Å². The first-order valence-electron chi connectivity index (χ1n) is 9.67. The number of carbonyl (C=O) groups is 2. The minimum absolute atomic E-state index is 0.293. The Morgan fingerprint density at radius 3 is 2.59 bits per heavy atom. The highest BCUT2D eigenvalue weighted by atomic mass is 79.9. The van der Waals surface area contributed by atoms with E-state index in [1.807, 2.05) is 30.3 Å². The monoisotopic (exact) mass is 516 g/mol. The molecule has 1 aliphatic heterocycles. The number of amides is 1. The Kier molecular flexibility index (Phi) is 8.20. The molecule has 2 aromatic rings. The molecule has 0 aliphatic carbocycles. The molecule has 3 rings (SSSR count). The molecule has 0 fully saturated rings. The van der Waals surface area contributed by atoms with Gasteiger partial charge in [0.25, 0.3) is 0 Å². The Balaban J connectivity index is 1.89. The lowest BCUT2D eigenvalue weighted by molar-refractivity contribution is -0.150. The number of nitrogens with one attached hydrogen (secondary N) is 1. The minimum Gasteiger partial charge on any atom is -0.496 e. The van der Waals surface area contributed by atoms with Gasteiger partial charge in [0.05, 0.1) is 42.0 Å². The molecule has 9 heteroatoms. The average Bonchev–Trinajstić information content (AvgIpc) is 2.81. The maximum atomic E-state index is 12.9. The van der Waals surface area contributed by atoms with Gasteiger partial charge in [-0.15, -0.1) is 11.8 Å². The Hall–Kier alpha value is -2.96. The molecule has 2 atom stereocenters. The van der Waals surface area contributed by atoms with Crippen molar-refractivity contribution in [1.82, 2.24) is 5.32 Å². The minimum atomic E-state index is -1.18. The van der Waals surface area contributed by atoms with Crippen LogP contribution in [0, 0.1) is 17.2 Å². The van der Waals surface area contributed by atoms with Gasteiger partial charge in [0, 0.05) is 11.7 Å². The van der Waals surface area contributed by atoms with Crippen LogP contribution in [0.2, 0.25) is 0 Å². The van der Waals surface area contributed by atoms with Gasteiger partial charge in [-0.3, -0.25) is 9.59 Å². The molecular formula is C23H21BrN2O5S. The third-order valence-corrected chi connectivity index (χ3v) is 6.46. The van der Waals surface area contributed by atoms with Crippen molar-refractivity contribution < 1.29 is 23.8 Å². The lowest BCUT2D eigenvalue weighted by Gasteiger charge is -2.31. The molecule has 166 valence electrons. The van der Waals surface area contributed by atoms with Crippen molar-refractivity contribution in [2.24, 2.45) is 5.92 Å². The van der Waals surface area contributed by atoms with Crippen molar-refractivity contribution in [3.63, 3.8) is 0 Å². The van der Waals surface area contributed by atoms with Crippen molar-refractivity contribution in [1.29, 1.82) is 5.26 Å². The summed E-state index contributed by atoms with van der Waals surface area (Å²) in [6, 6.07) is 16.8. The van der Waals surface area contributed by atoms with E-state index >= 15 is 0 Å². The predicted octanol–water partition coefficient (Wildman–Crippen LogP) is 4.01. The van der Waals surface area contributed by atoms with Crippen LogP contribution in [0.15, 0.2) is 63.6 Å². The topological polar surface area (TPSA) is 97.7 Å². The standard InChI is InChI=1S/C23H21BrN2O5S/c1-29-18-9-8-14(12-17(18)24)19-16(13-25)22(26-21(27)20(19)23(28)30-2)32-11-10-31-15-6-4-3-5-7-15/h3-9,12,19-20H,10-11H2,1-2H3,(H,26,27)/t19-,20+/m1/s1. The molecule has 0 aromatic heterocycles. The number of rotatable bonds is 8. The Labute approximate surface area is 198 Å². The summed E-state index contributed by atoms with van der Waals surface area (Å²) in [7, 11) is 2.76. The fourth-order valence-corrected chi connectivity index (χ4v) is 4.81. The SMILES string of the molecule is COC(=O)[C@@H]1C(=O)NC(SCCOc2ccccc2)=C(C#N)[C@H]1c1ccc(OC)c(Br)c1. The summed E-state index contributed by atoms with van der Waals surface area (Å²) < 4.78 is 16.5. The van der Waals surface area contributed by atoms with E-state index in [2.05, 4.69) is 27.3 Å². The van der Waals surface area contributed by atoms with Gasteiger partial charge in [-0.2, -0.15) is 5.26 Å². The molecule has 1 N–H and O–H groups in total. The molecule has 1 heterocycles. The summed E-state index contributed by atoms with van der Waals surface area (Å²) >= 11 is 4.73. The van der Waals surface area contributed by atoms with Crippen molar-refractivity contribution in [2.75, 3.05) is 26.6 Å². The first-order valence-corrected chi connectivity index (χ1v) is 11.4. The second-order valence-corrected chi connectivity index (χ2v) is 8.69. The van der Waals surface area contributed by atoms with Crippen LogP contribution in [0.5, 0.6) is 11.5 Å². The van der Waals surface area contributed by atoms with Crippen LogP contribution in [0.25, 0.3) is 0 Å². The number of nitriles is 1. The summed E-state index contributed by atoms with van der Waals surface area (Å²) in [4.78, 5) is 25.4. The normalized spacial score (nSPS) is 17.9. The summed E-state index contributed by atoms with van der Waals surface area (Å²) in [5.41, 5.74) is 0.917. The third kappa shape index (κ3) is 5.26. The number of esters is 1. The molecule has 0 saturated heterocycles. The lowest BCUT2D eigenvalue weighted by Crippen LogP contribution is -2.44. The summed E-state index contributed by atoms with van der Waals surface area (Å²) in [6.07, 6.45) is 0. The van der Waals surface area contributed by atoms with Crippen LogP contribution in [0.1, 0.15) is 11.5 Å². The molecule has 0 bridgehead atoms. The van der Waals surface area contributed by atoms with E-state index in [1.165, 1.54) is 26.0 Å². The van der Waals surface area contributed by atoms with Gasteiger partial charge in [-0.1, -0.05) is 24.3 Å². The third-order valence-electron chi connectivity index (χ3n) is 4.86. The van der Waals surface area contributed by atoms with E-state index in [0.717, 1.165) is 5.75 Å². The maximum absolute atomic E-state index is 12.9. The number of hydrogen-bond acceptors (Lipinski definition) is 7. The zero-order chi connectivity index (χ0) is 23.1. The second kappa shape index (κ2) is 11.1.